The molecular formula is C32H39N3O6S. The Bertz CT molecular complexity index is 1500. The van der Waals surface area contributed by atoms with Crippen LogP contribution in [0.3, 0.4) is 0 Å². The highest BCUT2D eigenvalue weighted by Crippen LogP contribution is 2.36. The SMILES string of the molecule is CC[C@H](C)NC(=O)[C@@H](Cc1ccccc1)N(Cc1ccccc1C)C(=O)CN(c1ccc2c(c1)OCO2)S(=O)(=O)CC. The van der Waals surface area contributed by atoms with Gasteiger partial charge in [0, 0.05) is 25.1 Å². The Morgan fingerprint density at radius 3 is 2.33 bits per heavy atom. The number of ether oxygens (including phenoxy) is 2. The fourth-order valence-electron chi connectivity index (χ4n) is 4.73. The molecule has 1 heterocycles. The van der Waals surface area contributed by atoms with E-state index in [9.17, 15) is 18.0 Å². The molecule has 1 aliphatic heterocycles. The minimum absolute atomic E-state index is 0.0366. The van der Waals surface area contributed by atoms with Gasteiger partial charge < -0.3 is 19.7 Å². The molecule has 1 aliphatic rings. The summed E-state index contributed by atoms with van der Waals surface area (Å²) in [7, 11) is -3.88. The Labute approximate surface area is 248 Å². The maximum absolute atomic E-state index is 14.3. The number of hydrogen-bond donors (Lipinski definition) is 1. The molecule has 10 heteroatoms. The van der Waals surface area contributed by atoms with E-state index < -0.39 is 28.5 Å². The van der Waals surface area contributed by atoms with E-state index in [0.29, 0.717) is 11.5 Å². The molecule has 3 aromatic carbocycles. The van der Waals surface area contributed by atoms with Gasteiger partial charge in [-0.3, -0.25) is 13.9 Å². The van der Waals surface area contributed by atoms with Gasteiger partial charge in [-0.2, -0.15) is 0 Å². The Kier molecular flexibility index (Phi) is 10.1. The molecule has 1 N–H and O–H groups in total. The van der Waals surface area contributed by atoms with E-state index in [4.69, 9.17) is 9.47 Å². The molecule has 2 atom stereocenters. The zero-order valence-corrected chi connectivity index (χ0v) is 25.4. The van der Waals surface area contributed by atoms with Gasteiger partial charge >= 0.3 is 0 Å². The first kappa shape index (κ1) is 30.9. The largest absolute Gasteiger partial charge is 0.454 e. The first-order chi connectivity index (χ1) is 20.1. The quantitative estimate of drug-likeness (QED) is 0.314. The highest BCUT2D eigenvalue weighted by Gasteiger charge is 2.34. The van der Waals surface area contributed by atoms with E-state index in [1.165, 1.54) is 11.8 Å². The number of hydrogen-bond acceptors (Lipinski definition) is 6. The van der Waals surface area contributed by atoms with Crippen molar-refractivity contribution in [3.8, 4) is 11.5 Å². The maximum Gasteiger partial charge on any atom is 0.244 e. The van der Waals surface area contributed by atoms with Gasteiger partial charge in [0.05, 0.1) is 11.4 Å². The lowest BCUT2D eigenvalue weighted by Gasteiger charge is -2.34. The Morgan fingerprint density at radius 1 is 0.952 bits per heavy atom. The third-order valence-electron chi connectivity index (χ3n) is 7.50. The van der Waals surface area contributed by atoms with E-state index in [-0.39, 0.29) is 43.1 Å². The maximum atomic E-state index is 14.3. The lowest BCUT2D eigenvalue weighted by molar-refractivity contribution is -0.140. The molecule has 224 valence electrons. The summed E-state index contributed by atoms with van der Waals surface area (Å²) in [5.74, 6) is -0.0852. The lowest BCUT2D eigenvalue weighted by atomic mass is 10.0. The molecule has 4 rings (SSSR count). The molecule has 9 nitrogen and oxygen atoms in total. The molecule has 0 aliphatic carbocycles. The van der Waals surface area contributed by atoms with Crippen LogP contribution in [0.2, 0.25) is 0 Å². The highest BCUT2D eigenvalue weighted by atomic mass is 32.2. The molecule has 0 fully saturated rings. The number of rotatable bonds is 13. The number of carbonyl (C=O) groups excluding carboxylic acids is 2. The Balaban J connectivity index is 1.76. The van der Waals surface area contributed by atoms with E-state index in [1.807, 2.05) is 75.4 Å². The van der Waals surface area contributed by atoms with Gasteiger partial charge in [-0.15, -0.1) is 0 Å². The number of benzene rings is 3. The number of sulfonamides is 1. The predicted molar refractivity (Wildman–Crippen MR) is 163 cm³/mol. The number of fused-ring (bicyclic) bond motifs is 1. The number of nitrogens with zero attached hydrogens (tertiary/aromatic N) is 2. The molecule has 0 bridgehead atoms. The van der Waals surface area contributed by atoms with Crippen LogP contribution in [0, 0.1) is 6.92 Å². The number of aryl methyl sites for hydroxylation is 1. The van der Waals surface area contributed by atoms with E-state index in [0.717, 1.165) is 27.4 Å². The number of amides is 2. The first-order valence-electron chi connectivity index (χ1n) is 14.2. The van der Waals surface area contributed by atoms with Crippen LogP contribution in [0.25, 0.3) is 0 Å². The van der Waals surface area contributed by atoms with Crippen molar-refractivity contribution < 1.29 is 27.5 Å². The van der Waals surface area contributed by atoms with E-state index in [2.05, 4.69) is 5.32 Å². The summed E-state index contributed by atoms with van der Waals surface area (Å²) in [6, 6.07) is 21.0. The van der Waals surface area contributed by atoms with Crippen molar-refractivity contribution in [2.24, 2.45) is 0 Å². The standard InChI is InChI=1S/C32H39N3O6S/c1-5-24(4)33-32(37)28(18-25-13-8-7-9-14-25)34(20-26-15-11-10-12-23(26)3)31(36)21-35(42(38,39)6-2)27-16-17-29-30(19-27)41-22-40-29/h7-17,19,24,28H,5-6,18,20-22H2,1-4H3,(H,33,37)/t24-,28+/m0/s1. The topological polar surface area (TPSA) is 105 Å². The molecule has 0 saturated heterocycles. The van der Waals surface area contributed by atoms with Crippen LogP contribution in [-0.4, -0.2) is 56.3 Å². The number of carbonyl (C=O) groups is 2. The molecule has 3 aromatic rings. The van der Waals surface area contributed by atoms with Gasteiger partial charge in [0.2, 0.25) is 28.6 Å². The van der Waals surface area contributed by atoms with Crippen LogP contribution < -0.4 is 19.1 Å². The lowest BCUT2D eigenvalue weighted by Crippen LogP contribution is -2.54. The summed E-state index contributed by atoms with van der Waals surface area (Å²) in [6.07, 6.45) is 0.994. The minimum Gasteiger partial charge on any atom is -0.454 e. The van der Waals surface area contributed by atoms with Gasteiger partial charge in [0.15, 0.2) is 11.5 Å². The molecule has 0 unspecified atom stereocenters. The molecule has 42 heavy (non-hydrogen) atoms. The second-order valence-corrected chi connectivity index (χ2v) is 12.6. The summed E-state index contributed by atoms with van der Waals surface area (Å²) in [5.41, 5.74) is 3.00. The van der Waals surface area contributed by atoms with Crippen LogP contribution in [0.15, 0.2) is 72.8 Å². The predicted octanol–water partition coefficient (Wildman–Crippen LogP) is 4.43. The summed E-state index contributed by atoms with van der Waals surface area (Å²) in [6.45, 7) is 7.07. The molecular weight excluding hydrogens is 554 g/mol. The molecule has 0 aromatic heterocycles. The van der Waals surface area contributed by atoms with Crippen LogP contribution in [0.4, 0.5) is 5.69 Å². The van der Waals surface area contributed by atoms with Crippen molar-refractivity contribution in [3.63, 3.8) is 0 Å². The average Bonchev–Trinajstić information content (AvgIpc) is 3.46. The minimum atomic E-state index is -3.88. The Hall–Kier alpha value is -4.05. The van der Waals surface area contributed by atoms with Gasteiger partial charge in [-0.05, 0) is 56.0 Å². The smallest absolute Gasteiger partial charge is 0.244 e. The second-order valence-electron chi connectivity index (χ2n) is 10.4. The van der Waals surface area contributed by atoms with Crippen LogP contribution >= 0.6 is 0 Å². The summed E-state index contributed by atoms with van der Waals surface area (Å²) >= 11 is 0. The monoisotopic (exact) mass is 593 g/mol. The molecule has 0 radical (unpaired) electrons. The average molecular weight is 594 g/mol. The summed E-state index contributed by atoms with van der Waals surface area (Å²) in [4.78, 5) is 29.6. The molecule has 2 amide bonds. The van der Waals surface area contributed by atoms with Crippen molar-refractivity contribution in [1.29, 1.82) is 0 Å². The fourth-order valence-corrected chi connectivity index (χ4v) is 5.78. The number of nitrogens with one attached hydrogen (secondary N) is 1. The fraction of sp³-hybridized carbons (Fsp3) is 0.375. The van der Waals surface area contributed by atoms with E-state index >= 15 is 0 Å². The number of anilines is 1. The highest BCUT2D eigenvalue weighted by molar-refractivity contribution is 7.92. The molecule has 0 saturated carbocycles. The van der Waals surface area contributed by atoms with Gasteiger partial charge in [-0.1, -0.05) is 61.5 Å². The third-order valence-corrected chi connectivity index (χ3v) is 9.24. The van der Waals surface area contributed by atoms with Crippen LogP contribution in [-0.2, 0) is 32.6 Å². The normalized spacial score (nSPS) is 13.7. The van der Waals surface area contributed by atoms with E-state index in [1.54, 1.807) is 18.2 Å². The first-order valence-corrected chi connectivity index (χ1v) is 15.8. The van der Waals surface area contributed by atoms with Crippen molar-refractivity contribution >= 4 is 27.5 Å². The zero-order chi connectivity index (χ0) is 30.3. The van der Waals surface area contributed by atoms with Crippen molar-refractivity contribution in [2.75, 3.05) is 23.4 Å². The van der Waals surface area contributed by atoms with Crippen molar-refractivity contribution in [3.05, 3.63) is 89.5 Å². The summed E-state index contributed by atoms with van der Waals surface area (Å²) in [5, 5.41) is 3.05. The van der Waals surface area contributed by atoms with Crippen LogP contribution in [0.1, 0.15) is 43.9 Å². The second kappa shape index (κ2) is 13.7. The Morgan fingerprint density at radius 2 is 1.64 bits per heavy atom. The van der Waals surface area contributed by atoms with Gasteiger partial charge in [0.1, 0.15) is 12.6 Å². The van der Waals surface area contributed by atoms with Crippen LogP contribution in [0.5, 0.6) is 11.5 Å². The van der Waals surface area contributed by atoms with Gasteiger partial charge in [0.25, 0.3) is 0 Å². The van der Waals surface area contributed by atoms with Gasteiger partial charge in [-0.25, -0.2) is 8.42 Å². The van der Waals surface area contributed by atoms with Crippen molar-refractivity contribution in [1.82, 2.24) is 10.2 Å². The molecule has 0 spiro atoms. The zero-order valence-electron chi connectivity index (χ0n) is 24.6. The summed E-state index contributed by atoms with van der Waals surface area (Å²) < 4.78 is 38.7. The van der Waals surface area contributed by atoms with Crippen molar-refractivity contribution in [2.45, 2.75) is 59.2 Å². The third kappa shape index (κ3) is 7.42.